The molecule has 1 amide bonds. The lowest BCUT2D eigenvalue weighted by Gasteiger charge is -2.26. The van der Waals surface area contributed by atoms with Gasteiger partial charge in [-0.2, -0.15) is 0 Å². The van der Waals surface area contributed by atoms with E-state index in [4.69, 9.17) is 0 Å². The predicted octanol–water partition coefficient (Wildman–Crippen LogP) is 4.02. The van der Waals surface area contributed by atoms with Crippen LogP contribution < -0.4 is 5.32 Å². The Bertz CT molecular complexity index is 689. The highest BCUT2D eigenvalue weighted by Gasteiger charge is 2.34. The minimum atomic E-state index is -0.851. The minimum Gasteiger partial charge on any atom is -0.481 e. The van der Waals surface area contributed by atoms with Crippen LogP contribution in [0.4, 0.5) is 0 Å². The first-order valence-electron chi connectivity index (χ1n) is 8.85. The number of hydrogen-bond donors (Lipinski definition) is 2. The molecule has 0 unspecified atom stereocenters. The van der Waals surface area contributed by atoms with Crippen LogP contribution in [0, 0.1) is 5.41 Å². The number of carbonyl (C=O) groups excluding carboxylic acids is 1. The molecule has 2 N–H and O–H groups in total. The van der Waals surface area contributed by atoms with Gasteiger partial charge >= 0.3 is 5.97 Å². The fraction of sp³-hybridized carbons (Fsp3) is 0.526. The molecule has 0 saturated heterocycles. The number of rotatable bonds is 10. The second kappa shape index (κ2) is 8.94. The molecular weight excluding hydrogens is 336 g/mol. The fourth-order valence-corrected chi connectivity index (χ4v) is 3.83. The van der Waals surface area contributed by atoms with Crippen molar-refractivity contribution in [3.05, 3.63) is 29.3 Å². The first-order valence-corrected chi connectivity index (χ1v) is 9.67. The van der Waals surface area contributed by atoms with Gasteiger partial charge in [-0.1, -0.05) is 26.0 Å². The van der Waals surface area contributed by atoms with Crippen molar-refractivity contribution in [2.45, 2.75) is 52.4 Å². The van der Waals surface area contributed by atoms with Crippen LogP contribution >= 0.6 is 11.3 Å². The van der Waals surface area contributed by atoms with Crippen molar-refractivity contribution in [2.75, 3.05) is 6.54 Å². The van der Waals surface area contributed by atoms with Gasteiger partial charge < -0.3 is 10.4 Å². The van der Waals surface area contributed by atoms with Crippen molar-refractivity contribution in [1.82, 2.24) is 10.3 Å². The van der Waals surface area contributed by atoms with Gasteiger partial charge in [0.05, 0.1) is 20.6 Å². The Morgan fingerprint density at radius 3 is 2.56 bits per heavy atom. The Morgan fingerprint density at radius 1 is 1.20 bits per heavy atom. The molecule has 136 valence electrons. The van der Waals surface area contributed by atoms with E-state index in [9.17, 15) is 14.7 Å². The van der Waals surface area contributed by atoms with Gasteiger partial charge in [-0.3, -0.25) is 9.59 Å². The Labute approximate surface area is 152 Å². The lowest BCUT2D eigenvalue weighted by molar-refractivity contribution is -0.149. The number of carboxylic acids is 1. The van der Waals surface area contributed by atoms with Crippen molar-refractivity contribution >= 4 is 33.4 Å². The summed E-state index contributed by atoms with van der Waals surface area (Å²) in [6.07, 6.45) is 4.00. The number of unbranched alkanes of at least 4 members (excludes halogenated alkanes) is 1. The zero-order chi connectivity index (χ0) is 18.3. The Hall–Kier alpha value is -1.95. The molecule has 0 radical (unpaired) electrons. The summed E-state index contributed by atoms with van der Waals surface area (Å²) in [5.74, 6) is -0.912. The highest BCUT2D eigenvalue weighted by atomic mass is 32.1. The maximum atomic E-state index is 12.0. The normalized spacial score (nSPS) is 11.6. The molecule has 0 saturated carbocycles. The summed E-state index contributed by atoms with van der Waals surface area (Å²) in [7, 11) is 0. The van der Waals surface area contributed by atoms with Crippen molar-refractivity contribution in [3.63, 3.8) is 0 Å². The number of nitrogens with zero attached hydrogens (tertiary/aromatic N) is 1. The molecule has 1 heterocycles. The fourth-order valence-electron chi connectivity index (χ4n) is 2.82. The Morgan fingerprint density at radius 2 is 1.92 bits per heavy atom. The van der Waals surface area contributed by atoms with E-state index in [-0.39, 0.29) is 12.5 Å². The third kappa shape index (κ3) is 5.01. The molecule has 0 aliphatic carbocycles. The standard InChI is InChI=1S/C19H26N2O3S/c1-3-19(4-2,18(23)24)13-20-16(22)11-7-8-12-17-21-14-9-5-6-10-15(14)25-17/h5-6,9-10H,3-4,7-8,11-13H2,1-2H3,(H,20,22)(H,23,24). The SMILES string of the molecule is CCC(CC)(CNC(=O)CCCCc1nc2ccccc2s1)C(=O)O. The van der Waals surface area contributed by atoms with Crippen LogP contribution in [0.25, 0.3) is 10.2 Å². The number of aryl methyl sites for hydroxylation is 1. The quantitative estimate of drug-likeness (QED) is 0.626. The Kier molecular flexibility index (Phi) is 6.93. The molecule has 1 aromatic carbocycles. The number of amides is 1. The number of aliphatic carboxylic acids is 1. The van der Waals surface area contributed by atoms with E-state index in [2.05, 4.69) is 16.4 Å². The molecule has 2 aromatic rings. The number of carbonyl (C=O) groups is 2. The van der Waals surface area contributed by atoms with Gasteiger partial charge in [-0.05, 0) is 44.2 Å². The third-order valence-electron chi connectivity index (χ3n) is 4.81. The maximum absolute atomic E-state index is 12.0. The monoisotopic (exact) mass is 362 g/mol. The van der Waals surface area contributed by atoms with Gasteiger partial charge in [-0.15, -0.1) is 11.3 Å². The van der Waals surface area contributed by atoms with Crippen molar-refractivity contribution in [3.8, 4) is 0 Å². The maximum Gasteiger partial charge on any atom is 0.311 e. The molecule has 0 spiro atoms. The van der Waals surface area contributed by atoms with Gasteiger partial charge in [0.25, 0.3) is 0 Å². The van der Waals surface area contributed by atoms with Gasteiger partial charge in [-0.25, -0.2) is 4.98 Å². The van der Waals surface area contributed by atoms with Gasteiger partial charge in [0.1, 0.15) is 0 Å². The first kappa shape index (κ1) is 19.4. The molecule has 0 aliphatic heterocycles. The average molecular weight is 362 g/mol. The van der Waals surface area contributed by atoms with Crippen LogP contribution in [0.2, 0.25) is 0 Å². The van der Waals surface area contributed by atoms with Crippen LogP contribution in [0.15, 0.2) is 24.3 Å². The predicted molar refractivity (Wildman–Crippen MR) is 101 cm³/mol. The van der Waals surface area contributed by atoms with Crippen molar-refractivity contribution < 1.29 is 14.7 Å². The summed E-state index contributed by atoms with van der Waals surface area (Å²) < 4.78 is 1.19. The largest absolute Gasteiger partial charge is 0.481 e. The minimum absolute atomic E-state index is 0.0724. The molecular formula is C19H26N2O3S. The summed E-state index contributed by atoms with van der Waals surface area (Å²) in [6, 6.07) is 8.08. The smallest absolute Gasteiger partial charge is 0.311 e. The number of para-hydroxylation sites is 1. The molecule has 0 fully saturated rings. The number of hydrogen-bond acceptors (Lipinski definition) is 4. The summed E-state index contributed by atoms with van der Waals surface area (Å²) in [6.45, 7) is 3.90. The number of fused-ring (bicyclic) bond motifs is 1. The molecule has 6 heteroatoms. The average Bonchev–Trinajstić information content (AvgIpc) is 3.02. The molecule has 2 rings (SSSR count). The van der Waals surface area contributed by atoms with Crippen LogP contribution in [0.1, 0.15) is 51.0 Å². The van der Waals surface area contributed by atoms with Crippen LogP contribution in [0.3, 0.4) is 0 Å². The van der Waals surface area contributed by atoms with E-state index >= 15 is 0 Å². The van der Waals surface area contributed by atoms with Gasteiger partial charge in [0.2, 0.25) is 5.91 Å². The van der Waals surface area contributed by atoms with Gasteiger partial charge in [0.15, 0.2) is 0 Å². The van der Waals surface area contributed by atoms with E-state index in [0.29, 0.717) is 19.3 Å². The summed E-state index contributed by atoms with van der Waals surface area (Å²) in [4.78, 5) is 28.0. The first-order chi connectivity index (χ1) is 12.0. The molecule has 5 nitrogen and oxygen atoms in total. The van der Waals surface area contributed by atoms with Crippen molar-refractivity contribution in [2.24, 2.45) is 5.41 Å². The van der Waals surface area contributed by atoms with Crippen LogP contribution in [0.5, 0.6) is 0 Å². The van der Waals surface area contributed by atoms with E-state index in [1.807, 2.05) is 32.0 Å². The number of carboxylic acid groups (broad SMARTS) is 1. The summed E-state index contributed by atoms with van der Waals surface area (Å²) >= 11 is 1.70. The summed E-state index contributed by atoms with van der Waals surface area (Å²) in [5.41, 5.74) is 0.181. The number of thiazole rings is 1. The van der Waals surface area contributed by atoms with E-state index < -0.39 is 11.4 Å². The van der Waals surface area contributed by atoms with Crippen LogP contribution in [-0.4, -0.2) is 28.5 Å². The summed E-state index contributed by atoms with van der Waals surface area (Å²) in [5, 5.41) is 13.3. The highest BCUT2D eigenvalue weighted by Crippen LogP contribution is 2.26. The molecule has 0 atom stereocenters. The zero-order valence-electron chi connectivity index (χ0n) is 14.9. The second-order valence-corrected chi connectivity index (χ2v) is 7.47. The van der Waals surface area contributed by atoms with Crippen LogP contribution in [-0.2, 0) is 16.0 Å². The third-order valence-corrected chi connectivity index (χ3v) is 5.91. The molecule has 0 bridgehead atoms. The highest BCUT2D eigenvalue weighted by molar-refractivity contribution is 7.18. The number of aromatic nitrogens is 1. The van der Waals surface area contributed by atoms with E-state index in [1.165, 1.54) is 4.70 Å². The zero-order valence-corrected chi connectivity index (χ0v) is 15.7. The Balaban J connectivity index is 1.72. The topological polar surface area (TPSA) is 79.3 Å². The lowest BCUT2D eigenvalue weighted by Crippen LogP contribution is -2.42. The molecule has 25 heavy (non-hydrogen) atoms. The van der Waals surface area contributed by atoms with E-state index in [1.54, 1.807) is 11.3 Å². The lowest BCUT2D eigenvalue weighted by atomic mass is 9.82. The number of nitrogens with one attached hydrogen (secondary N) is 1. The van der Waals surface area contributed by atoms with Gasteiger partial charge in [0, 0.05) is 13.0 Å². The van der Waals surface area contributed by atoms with E-state index in [0.717, 1.165) is 29.8 Å². The molecule has 0 aliphatic rings. The second-order valence-electron chi connectivity index (χ2n) is 6.35. The molecule has 1 aromatic heterocycles. The van der Waals surface area contributed by atoms with Crippen molar-refractivity contribution in [1.29, 1.82) is 0 Å². The number of benzene rings is 1.